The largest absolute Gasteiger partial charge is 0.416 e. The zero-order chi connectivity index (χ0) is 21.9. The Bertz CT molecular complexity index is 969. The van der Waals surface area contributed by atoms with E-state index in [1.165, 1.54) is 4.31 Å². The normalized spacial score (nSPS) is 17.0. The number of hydrogen-bond donors (Lipinski definition) is 0. The van der Waals surface area contributed by atoms with E-state index in [1.54, 1.807) is 4.90 Å². The lowest BCUT2D eigenvalue weighted by atomic mass is 9.97. The van der Waals surface area contributed by atoms with Gasteiger partial charge in [0.25, 0.3) is 0 Å². The monoisotopic (exact) mass is 440 g/mol. The van der Waals surface area contributed by atoms with Crippen LogP contribution >= 0.6 is 0 Å². The second-order valence-corrected chi connectivity index (χ2v) is 9.26. The van der Waals surface area contributed by atoms with Gasteiger partial charge in [0.15, 0.2) is 0 Å². The standard InChI is InChI=1S/C21H23F3N2O3S/c1-16(17-5-3-2-4-6-17)15-20(27)25-11-13-26(14-12-25)30(28,29)19-9-7-18(8-10-19)21(22,23)24/h2-10,16H,11-15H2,1H3/t16-/m1/s1. The third kappa shape index (κ3) is 5.02. The van der Waals surface area contributed by atoms with Gasteiger partial charge < -0.3 is 4.90 Å². The number of piperazine rings is 1. The number of hydrogen-bond acceptors (Lipinski definition) is 3. The molecule has 5 nitrogen and oxygen atoms in total. The zero-order valence-corrected chi connectivity index (χ0v) is 17.3. The molecule has 0 unspecified atom stereocenters. The molecule has 1 amide bonds. The van der Waals surface area contributed by atoms with Gasteiger partial charge in [-0.3, -0.25) is 4.79 Å². The van der Waals surface area contributed by atoms with Crippen LogP contribution in [0.4, 0.5) is 13.2 Å². The van der Waals surface area contributed by atoms with Gasteiger partial charge >= 0.3 is 6.18 Å². The maximum Gasteiger partial charge on any atom is 0.416 e. The molecule has 0 N–H and O–H groups in total. The fourth-order valence-corrected chi connectivity index (χ4v) is 4.86. The number of halogens is 3. The van der Waals surface area contributed by atoms with Crippen LogP contribution in [0, 0.1) is 0 Å². The molecule has 0 aromatic heterocycles. The Morgan fingerprint density at radius 3 is 2.07 bits per heavy atom. The van der Waals surface area contributed by atoms with Crippen molar-refractivity contribution in [2.45, 2.75) is 30.3 Å². The molecule has 0 saturated carbocycles. The van der Waals surface area contributed by atoms with Crippen molar-refractivity contribution < 1.29 is 26.4 Å². The van der Waals surface area contributed by atoms with Crippen molar-refractivity contribution in [1.82, 2.24) is 9.21 Å². The van der Waals surface area contributed by atoms with E-state index < -0.39 is 21.8 Å². The van der Waals surface area contributed by atoms with Crippen molar-refractivity contribution in [1.29, 1.82) is 0 Å². The van der Waals surface area contributed by atoms with Crippen molar-refractivity contribution >= 4 is 15.9 Å². The molecule has 0 radical (unpaired) electrons. The number of carbonyl (C=O) groups is 1. The first-order valence-electron chi connectivity index (χ1n) is 9.59. The highest BCUT2D eigenvalue weighted by molar-refractivity contribution is 7.89. The summed E-state index contributed by atoms with van der Waals surface area (Å²) < 4.78 is 64.7. The molecule has 2 aromatic carbocycles. The number of carbonyl (C=O) groups excluding carboxylic acids is 1. The number of nitrogens with zero attached hydrogens (tertiary/aromatic N) is 2. The second-order valence-electron chi connectivity index (χ2n) is 7.32. The van der Waals surface area contributed by atoms with Crippen LogP contribution in [-0.2, 0) is 21.0 Å². The molecule has 1 heterocycles. The summed E-state index contributed by atoms with van der Waals surface area (Å²) in [4.78, 5) is 14.0. The maximum absolute atomic E-state index is 12.7. The lowest BCUT2D eigenvalue weighted by molar-refractivity contribution is -0.137. The number of rotatable bonds is 5. The van der Waals surface area contributed by atoms with E-state index in [2.05, 4.69) is 0 Å². The lowest BCUT2D eigenvalue weighted by Gasteiger charge is -2.34. The summed E-state index contributed by atoms with van der Waals surface area (Å²) in [6, 6.07) is 13.1. The summed E-state index contributed by atoms with van der Waals surface area (Å²) in [7, 11) is -3.91. The first-order valence-corrected chi connectivity index (χ1v) is 11.0. The Morgan fingerprint density at radius 1 is 0.967 bits per heavy atom. The van der Waals surface area contributed by atoms with Crippen molar-refractivity contribution in [3.8, 4) is 0 Å². The van der Waals surface area contributed by atoms with Gasteiger partial charge in [0.1, 0.15) is 0 Å². The number of benzene rings is 2. The molecule has 2 aromatic rings. The summed E-state index contributed by atoms with van der Waals surface area (Å²) in [5.41, 5.74) is 0.166. The van der Waals surface area contributed by atoms with Gasteiger partial charge in [0.05, 0.1) is 10.5 Å². The number of sulfonamides is 1. The predicted molar refractivity (Wildman–Crippen MR) is 106 cm³/mol. The van der Waals surface area contributed by atoms with Crippen LogP contribution in [0.15, 0.2) is 59.5 Å². The Kier molecular flexibility index (Phi) is 6.52. The molecule has 30 heavy (non-hydrogen) atoms. The summed E-state index contributed by atoms with van der Waals surface area (Å²) in [6.07, 6.45) is -4.19. The van der Waals surface area contributed by atoms with Gasteiger partial charge in [-0.05, 0) is 35.7 Å². The maximum atomic E-state index is 12.7. The first-order chi connectivity index (χ1) is 14.1. The van der Waals surface area contributed by atoms with Crippen LogP contribution in [0.25, 0.3) is 0 Å². The highest BCUT2D eigenvalue weighted by Crippen LogP contribution is 2.30. The quantitative estimate of drug-likeness (QED) is 0.712. The van der Waals surface area contributed by atoms with Gasteiger partial charge in [-0.1, -0.05) is 37.3 Å². The van der Waals surface area contributed by atoms with Crippen molar-refractivity contribution in [3.05, 3.63) is 65.7 Å². The van der Waals surface area contributed by atoms with Gasteiger partial charge in [-0.25, -0.2) is 8.42 Å². The minimum atomic E-state index is -4.52. The minimum Gasteiger partial charge on any atom is -0.340 e. The molecule has 0 bridgehead atoms. The molecule has 0 spiro atoms. The van der Waals surface area contributed by atoms with Crippen LogP contribution in [-0.4, -0.2) is 49.7 Å². The van der Waals surface area contributed by atoms with E-state index in [0.717, 1.165) is 29.8 Å². The topological polar surface area (TPSA) is 57.7 Å². The first kappa shape index (κ1) is 22.3. The Hall–Kier alpha value is -2.39. The third-order valence-corrected chi connectivity index (χ3v) is 7.17. The highest BCUT2D eigenvalue weighted by atomic mass is 32.2. The number of amides is 1. The van der Waals surface area contributed by atoms with Gasteiger partial charge in [0, 0.05) is 32.6 Å². The SMILES string of the molecule is C[C@H](CC(=O)N1CCN(S(=O)(=O)c2ccc(C(F)(F)F)cc2)CC1)c1ccccc1. The van der Waals surface area contributed by atoms with Crippen molar-refractivity contribution in [2.24, 2.45) is 0 Å². The van der Waals surface area contributed by atoms with E-state index in [4.69, 9.17) is 0 Å². The molecule has 1 aliphatic rings. The number of alkyl halides is 3. The fraction of sp³-hybridized carbons (Fsp3) is 0.381. The predicted octanol–water partition coefficient (Wildman–Crippen LogP) is 3.73. The zero-order valence-electron chi connectivity index (χ0n) is 16.5. The highest BCUT2D eigenvalue weighted by Gasteiger charge is 2.33. The Balaban J connectivity index is 1.59. The molecule has 3 rings (SSSR count). The van der Waals surface area contributed by atoms with E-state index in [9.17, 15) is 26.4 Å². The summed E-state index contributed by atoms with van der Waals surface area (Å²) in [6.45, 7) is 2.68. The fourth-order valence-electron chi connectivity index (χ4n) is 3.43. The third-order valence-electron chi connectivity index (χ3n) is 5.26. The lowest BCUT2D eigenvalue weighted by Crippen LogP contribution is -2.50. The van der Waals surface area contributed by atoms with Crippen molar-refractivity contribution in [3.63, 3.8) is 0 Å². The summed E-state index contributed by atoms with van der Waals surface area (Å²) in [5.74, 6) is 0.00513. The minimum absolute atomic E-state index is 0.0436. The molecule has 162 valence electrons. The molecule has 1 fully saturated rings. The van der Waals surface area contributed by atoms with Gasteiger partial charge in [-0.15, -0.1) is 0 Å². The summed E-state index contributed by atoms with van der Waals surface area (Å²) in [5, 5.41) is 0. The summed E-state index contributed by atoms with van der Waals surface area (Å²) >= 11 is 0. The molecular formula is C21H23F3N2O3S. The van der Waals surface area contributed by atoms with Crippen LogP contribution in [0.1, 0.15) is 30.4 Å². The van der Waals surface area contributed by atoms with E-state index in [0.29, 0.717) is 6.42 Å². The van der Waals surface area contributed by atoms with Crippen LogP contribution in [0.5, 0.6) is 0 Å². The molecule has 1 saturated heterocycles. The Labute approximate surface area is 174 Å². The van der Waals surface area contributed by atoms with E-state index >= 15 is 0 Å². The van der Waals surface area contributed by atoms with E-state index in [-0.39, 0.29) is 42.9 Å². The van der Waals surface area contributed by atoms with Crippen molar-refractivity contribution in [2.75, 3.05) is 26.2 Å². The Morgan fingerprint density at radius 2 is 1.53 bits per heavy atom. The van der Waals surface area contributed by atoms with Gasteiger partial charge in [0.2, 0.25) is 15.9 Å². The molecule has 1 atom stereocenters. The smallest absolute Gasteiger partial charge is 0.340 e. The van der Waals surface area contributed by atoms with Crippen LogP contribution in [0.3, 0.4) is 0 Å². The van der Waals surface area contributed by atoms with E-state index in [1.807, 2.05) is 37.3 Å². The van der Waals surface area contributed by atoms with Crippen LogP contribution < -0.4 is 0 Å². The molecule has 9 heteroatoms. The molecular weight excluding hydrogens is 417 g/mol. The average molecular weight is 440 g/mol. The average Bonchev–Trinajstić information content (AvgIpc) is 2.74. The molecule has 1 aliphatic heterocycles. The second kappa shape index (κ2) is 8.77. The molecule has 0 aliphatic carbocycles. The van der Waals surface area contributed by atoms with Gasteiger partial charge in [-0.2, -0.15) is 17.5 Å². The van der Waals surface area contributed by atoms with Crippen LogP contribution in [0.2, 0.25) is 0 Å².